The van der Waals surface area contributed by atoms with Crippen LogP contribution < -0.4 is 20.1 Å². The maximum absolute atomic E-state index is 5.79. The lowest BCUT2D eigenvalue weighted by atomic mass is 10.2. The summed E-state index contributed by atoms with van der Waals surface area (Å²) < 4.78 is 10.6. The molecule has 2 rings (SSSR count). The Morgan fingerprint density at radius 3 is 2.60 bits per heavy atom. The Morgan fingerprint density at radius 1 is 1.15 bits per heavy atom. The number of methoxy groups -OCH3 is 2. The predicted molar refractivity (Wildman–Crippen MR) is 78.1 cm³/mol. The maximum Gasteiger partial charge on any atom is 0.204 e. The van der Waals surface area contributed by atoms with Crippen LogP contribution in [0.15, 0.2) is 30.6 Å². The second kappa shape index (κ2) is 6.10. The van der Waals surface area contributed by atoms with Crippen molar-refractivity contribution in [2.75, 3.05) is 31.9 Å². The molecule has 1 heterocycles. The van der Waals surface area contributed by atoms with Crippen LogP contribution in [0.1, 0.15) is 5.56 Å². The van der Waals surface area contributed by atoms with E-state index < -0.39 is 0 Å². The molecule has 20 heavy (non-hydrogen) atoms. The van der Waals surface area contributed by atoms with Gasteiger partial charge in [0.25, 0.3) is 0 Å². The summed E-state index contributed by atoms with van der Waals surface area (Å²) in [6.07, 6.45) is 1.42. The Morgan fingerprint density at radius 2 is 1.90 bits per heavy atom. The average Bonchev–Trinajstić information content (AvgIpc) is 2.47. The number of hydrogen-bond acceptors (Lipinski definition) is 6. The van der Waals surface area contributed by atoms with E-state index in [0.29, 0.717) is 23.9 Å². The lowest BCUT2D eigenvalue weighted by Crippen LogP contribution is -2.19. The van der Waals surface area contributed by atoms with E-state index in [9.17, 15) is 0 Å². The molecule has 1 aromatic carbocycles. The van der Waals surface area contributed by atoms with Gasteiger partial charge in [-0.25, -0.2) is 9.97 Å². The van der Waals surface area contributed by atoms with Gasteiger partial charge in [-0.15, -0.1) is 0 Å². The molecule has 0 saturated carbocycles. The highest BCUT2D eigenvalue weighted by Crippen LogP contribution is 2.30. The fraction of sp³-hybridized carbons (Fsp3) is 0.286. The molecule has 0 amide bonds. The van der Waals surface area contributed by atoms with Crippen molar-refractivity contribution in [3.8, 4) is 11.5 Å². The van der Waals surface area contributed by atoms with Crippen LogP contribution in [-0.2, 0) is 6.54 Å². The minimum atomic E-state index is 0.323. The van der Waals surface area contributed by atoms with Crippen molar-refractivity contribution in [3.05, 3.63) is 36.2 Å². The summed E-state index contributed by atoms with van der Waals surface area (Å²) in [7, 11) is 5.12. The number of nitrogens with two attached hydrogens (primary N) is 1. The number of para-hydroxylation sites is 1. The van der Waals surface area contributed by atoms with Gasteiger partial charge in [0.1, 0.15) is 12.1 Å². The third kappa shape index (κ3) is 2.74. The van der Waals surface area contributed by atoms with Gasteiger partial charge in [0, 0.05) is 19.2 Å². The standard InChI is InChI=1S/C14H18N4O2/c1-18(8-10-6-4-5-7-11(10)19-2)14-12(20-3)13(15)16-9-17-14/h4-7,9H,8H2,1-3H3,(H2,15,16,17). The first-order valence-electron chi connectivity index (χ1n) is 6.14. The van der Waals surface area contributed by atoms with Crippen molar-refractivity contribution in [1.29, 1.82) is 0 Å². The number of rotatable bonds is 5. The lowest BCUT2D eigenvalue weighted by Gasteiger charge is -2.21. The number of benzene rings is 1. The molecule has 0 aliphatic heterocycles. The van der Waals surface area contributed by atoms with Crippen molar-refractivity contribution < 1.29 is 9.47 Å². The second-order valence-electron chi connectivity index (χ2n) is 4.28. The Kier molecular flexibility index (Phi) is 4.24. The predicted octanol–water partition coefficient (Wildman–Crippen LogP) is 1.71. The molecule has 0 spiro atoms. The highest BCUT2D eigenvalue weighted by Gasteiger charge is 2.15. The van der Waals surface area contributed by atoms with Crippen LogP contribution in [-0.4, -0.2) is 31.2 Å². The van der Waals surface area contributed by atoms with Crippen LogP contribution in [0.5, 0.6) is 11.5 Å². The fourth-order valence-electron chi connectivity index (χ4n) is 2.01. The van der Waals surface area contributed by atoms with Gasteiger partial charge >= 0.3 is 0 Å². The van der Waals surface area contributed by atoms with Gasteiger partial charge < -0.3 is 20.1 Å². The van der Waals surface area contributed by atoms with Crippen molar-refractivity contribution in [3.63, 3.8) is 0 Å². The SMILES string of the molecule is COc1ccccc1CN(C)c1ncnc(N)c1OC. The normalized spacial score (nSPS) is 10.2. The van der Waals surface area contributed by atoms with Gasteiger partial charge in [0.2, 0.25) is 5.75 Å². The van der Waals surface area contributed by atoms with Crippen LogP contribution in [0.2, 0.25) is 0 Å². The summed E-state index contributed by atoms with van der Waals surface area (Å²) in [5.74, 6) is 2.28. The monoisotopic (exact) mass is 274 g/mol. The van der Waals surface area contributed by atoms with Gasteiger partial charge in [-0.1, -0.05) is 18.2 Å². The molecule has 0 fully saturated rings. The van der Waals surface area contributed by atoms with Gasteiger partial charge in [-0.3, -0.25) is 0 Å². The van der Waals surface area contributed by atoms with Crippen molar-refractivity contribution in [1.82, 2.24) is 9.97 Å². The van der Waals surface area contributed by atoms with Crippen molar-refractivity contribution in [2.24, 2.45) is 0 Å². The molecule has 6 heteroatoms. The third-order valence-electron chi connectivity index (χ3n) is 2.98. The lowest BCUT2D eigenvalue weighted by molar-refractivity contribution is 0.407. The molecule has 0 aliphatic carbocycles. The zero-order valence-electron chi connectivity index (χ0n) is 11.8. The molecule has 6 nitrogen and oxygen atoms in total. The van der Waals surface area contributed by atoms with Gasteiger partial charge in [0.15, 0.2) is 11.6 Å². The first-order valence-corrected chi connectivity index (χ1v) is 6.14. The van der Waals surface area contributed by atoms with Crippen LogP contribution in [0.3, 0.4) is 0 Å². The summed E-state index contributed by atoms with van der Waals surface area (Å²) in [6, 6.07) is 7.84. The molecule has 0 aliphatic rings. The van der Waals surface area contributed by atoms with E-state index in [-0.39, 0.29) is 0 Å². The minimum Gasteiger partial charge on any atom is -0.496 e. The molecule has 0 radical (unpaired) electrons. The molecule has 2 N–H and O–H groups in total. The zero-order chi connectivity index (χ0) is 14.5. The smallest absolute Gasteiger partial charge is 0.204 e. The first kappa shape index (κ1) is 13.9. The molecule has 2 aromatic rings. The molecule has 0 unspecified atom stereocenters. The molecule has 0 bridgehead atoms. The largest absolute Gasteiger partial charge is 0.496 e. The number of nitrogens with zero attached hydrogens (tertiary/aromatic N) is 3. The molecular formula is C14H18N4O2. The Hall–Kier alpha value is -2.50. The summed E-state index contributed by atoms with van der Waals surface area (Å²) in [5.41, 5.74) is 6.84. The number of ether oxygens (including phenoxy) is 2. The summed E-state index contributed by atoms with van der Waals surface area (Å²) >= 11 is 0. The van der Waals surface area contributed by atoms with Gasteiger partial charge in [-0.05, 0) is 6.07 Å². The van der Waals surface area contributed by atoms with E-state index in [0.717, 1.165) is 11.3 Å². The van der Waals surface area contributed by atoms with E-state index in [1.807, 2.05) is 36.2 Å². The maximum atomic E-state index is 5.79. The number of nitrogen functional groups attached to an aromatic ring is 1. The zero-order valence-corrected chi connectivity index (χ0v) is 11.8. The number of hydrogen-bond donors (Lipinski definition) is 1. The van der Waals surface area contributed by atoms with Gasteiger partial charge in [-0.2, -0.15) is 0 Å². The van der Waals surface area contributed by atoms with E-state index in [1.165, 1.54) is 6.33 Å². The van der Waals surface area contributed by atoms with Crippen LogP contribution in [0, 0.1) is 0 Å². The van der Waals surface area contributed by atoms with Crippen molar-refractivity contribution in [2.45, 2.75) is 6.54 Å². The summed E-state index contributed by atoms with van der Waals surface area (Å²) in [6.45, 7) is 0.622. The molecule has 1 aromatic heterocycles. The summed E-state index contributed by atoms with van der Waals surface area (Å²) in [5, 5.41) is 0. The van der Waals surface area contributed by atoms with E-state index in [4.69, 9.17) is 15.2 Å². The Balaban J connectivity index is 2.28. The molecule has 0 saturated heterocycles. The molecule has 0 atom stereocenters. The first-order chi connectivity index (χ1) is 9.67. The Bertz CT molecular complexity index is 589. The van der Waals surface area contributed by atoms with Crippen LogP contribution in [0.25, 0.3) is 0 Å². The third-order valence-corrected chi connectivity index (χ3v) is 2.98. The van der Waals surface area contributed by atoms with Crippen molar-refractivity contribution >= 4 is 11.6 Å². The van der Waals surface area contributed by atoms with Gasteiger partial charge in [0.05, 0.1) is 14.2 Å². The number of anilines is 2. The second-order valence-corrected chi connectivity index (χ2v) is 4.28. The van der Waals surface area contributed by atoms with Crippen LogP contribution >= 0.6 is 0 Å². The van der Waals surface area contributed by atoms with Crippen LogP contribution in [0.4, 0.5) is 11.6 Å². The highest BCUT2D eigenvalue weighted by atomic mass is 16.5. The van der Waals surface area contributed by atoms with E-state index in [2.05, 4.69) is 9.97 Å². The quantitative estimate of drug-likeness (QED) is 0.894. The Labute approximate surface area is 118 Å². The molecule has 106 valence electrons. The molecular weight excluding hydrogens is 256 g/mol. The highest BCUT2D eigenvalue weighted by molar-refractivity contribution is 5.62. The minimum absolute atomic E-state index is 0.323. The fourth-order valence-corrected chi connectivity index (χ4v) is 2.01. The van der Waals surface area contributed by atoms with E-state index >= 15 is 0 Å². The van der Waals surface area contributed by atoms with E-state index in [1.54, 1.807) is 14.2 Å². The summed E-state index contributed by atoms with van der Waals surface area (Å²) in [4.78, 5) is 10.1. The topological polar surface area (TPSA) is 73.5 Å². The number of aromatic nitrogens is 2. The average molecular weight is 274 g/mol.